The molecular formula is C11H8FIN2O3. The number of halogens is 2. The zero-order valence-corrected chi connectivity index (χ0v) is 11.2. The molecule has 94 valence electrons. The second-order valence-corrected chi connectivity index (χ2v) is 4.92. The normalized spacial score (nSPS) is 15.6. The molecule has 1 aromatic carbocycles. The van der Waals surface area contributed by atoms with Gasteiger partial charge in [0.05, 0.1) is 5.56 Å². The number of nitrogens with zero attached hydrogens (tertiary/aromatic N) is 1. The molecule has 1 fully saturated rings. The van der Waals surface area contributed by atoms with Crippen molar-refractivity contribution in [1.82, 2.24) is 10.2 Å². The second-order valence-electron chi connectivity index (χ2n) is 3.76. The first-order valence-corrected chi connectivity index (χ1v) is 6.12. The van der Waals surface area contributed by atoms with Crippen LogP contribution in [0.1, 0.15) is 10.4 Å². The third-order valence-electron chi connectivity index (χ3n) is 2.40. The number of carbonyl (C=O) groups is 3. The van der Waals surface area contributed by atoms with Crippen LogP contribution < -0.4 is 5.32 Å². The third-order valence-corrected chi connectivity index (χ3v) is 3.29. The van der Waals surface area contributed by atoms with Crippen molar-refractivity contribution >= 4 is 40.3 Å². The molecule has 0 radical (unpaired) electrons. The van der Waals surface area contributed by atoms with E-state index in [1.165, 1.54) is 18.2 Å². The van der Waals surface area contributed by atoms with E-state index in [0.717, 1.165) is 4.90 Å². The fourth-order valence-electron chi connectivity index (χ4n) is 1.61. The highest BCUT2D eigenvalue weighted by molar-refractivity contribution is 14.1. The lowest BCUT2D eigenvalue weighted by Crippen LogP contribution is -2.53. The van der Waals surface area contributed by atoms with E-state index >= 15 is 0 Å². The maximum atomic E-state index is 12.9. The SMILES string of the molecule is O=C1CN(C(=O)c2ccc(F)cc2I)CC(=O)N1. The summed E-state index contributed by atoms with van der Waals surface area (Å²) < 4.78 is 13.4. The van der Waals surface area contributed by atoms with Gasteiger partial charge in [-0.05, 0) is 40.8 Å². The first-order chi connectivity index (χ1) is 8.47. The Kier molecular flexibility index (Phi) is 3.60. The van der Waals surface area contributed by atoms with Crippen LogP contribution in [0.2, 0.25) is 0 Å². The monoisotopic (exact) mass is 362 g/mol. The topological polar surface area (TPSA) is 66.5 Å². The minimum atomic E-state index is -0.517. The summed E-state index contributed by atoms with van der Waals surface area (Å²) in [4.78, 5) is 35.6. The minimum Gasteiger partial charge on any atom is -0.320 e. The minimum absolute atomic E-state index is 0.169. The number of carbonyl (C=O) groups excluding carboxylic acids is 3. The molecule has 3 amide bonds. The third kappa shape index (κ3) is 2.66. The summed E-state index contributed by atoms with van der Waals surface area (Å²) in [7, 11) is 0. The molecule has 1 saturated heterocycles. The van der Waals surface area contributed by atoms with Crippen LogP contribution in [0.25, 0.3) is 0 Å². The van der Waals surface area contributed by atoms with E-state index in [1.807, 2.05) is 22.6 Å². The van der Waals surface area contributed by atoms with Crippen molar-refractivity contribution < 1.29 is 18.8 Å². The number of hydrogen-bond acceptors (Lipinski definition) is 3. The van der Waals surface area contributed by atoms with Crippen LogP contribution in [0.4, 0.5) is 4.39 Å². The summed E-state index contributed by atoms with van der Waals surface area (Å²) >= 11 is 1.83. The van der Waals surface area contributed by atoms with Crippen molar-refractivity contribution in [3.05, 3.63) is 33.1 Å². The van der Waals surface area contributed by atoms with Gasteiger partial charge in [-0.2, -0.15) is 0 Å². The average Bonchev–Trinajstić information content (AvgIpc) is 2.26. The van der Waals surface area contributed by atoms with Crippen LogP contribution in [0.3, 0.4) is 0 Å². The fraction of sp³-hybridized carbons (Fsp3) is 0.182. The summed E-state index contributed by atoms with van der Waals surface area (Å²) in [5, 5.41) is 2.11. The standard InChI is InChI=1S/C11H8FIN2O3/c12-6-1-2-7(8(13)3-6)11(18)15-4-9(16)14-10(17)5-15/h1-3H,4-5H2,(H,14,16,17). The van der Waals surface area contributed by atoms with Gasteiger partial charge in [0, 0.05) is 3.57 Å². The van der Waals surface area contributed by atoms with E-state index < -0.39 is 23.5 Å². The van der Waals surface area contributed by atoms with Crippen LogP contribution >= 0.6 is 22.6 Å². The van der Waals surface area contributed by atoms with E-state index in [9.17, 15) is 18.8 Å². The summed E-state index contributed by atoms with van der Waals surface area (Å²) in [5.41, 5.74) is 0.277. The molecule has 18 heavy (non-hydrogen) atoms. The van der Waals surface area contributed by atoms with Gasteiger partial charge in [0.15, 0.2) is 0 Å². The maximum absolute atomic E-state index is 12.9. The van der Waals surface area contributed by atoms with Crippen LogP contribution in [0, 0.1) is 9.39 Å². The van der Waals surface area contributed by atoms with Gasteiger partial charge in [-0.15, -0.1) is 0 Å². The first kappa shape index (κ1) is 12.9. The molecule has 7 heteroatoms. The number of imide groups is 1. The van der Waals surface area contributed by atoms with Gasteiger partial charge in [0.25, 0.3) is 5.91 Å². The van der Waals surface area contributed by atoms with Crippen LogP contribution in [0.15, 0.2) is 18.2 Å². The average molecular weight is 362 g/mol. The predicted octanol–water partition coefficient (Wildman–Crippen LogP) is 0.529. The van der Waals surface area contributed by atoms with Crippen molar-refractivity contribution in [1.29, 1.82) is 0 Å². The lowest BCUT2D eigenvalue weighted by Gasteiger charge is -2.25. The van der Waals surface area contributed by atoms with E-state index in [1.54, 1.807) is 0 Å². The van der Waals surface area contributed by atoms with Gasteiger partial charge in [0.1, 0.15) is 18.9 Å². The Morgan fingerprint density at radius 3 is 2.44 bits per heavy atom. The Hall–Kier alpha value is -1.51. The smallest absolute Gasteiger partial charge is 0.255 e. The Balaban J connectivity index is 2.25. The zero-order chi connectivity index (χ0) is 13.3. The number of nitrogens with one attached hydrogen (secondary N) is 1. The van der Waals surface area contributed by atoms with Gasteiger partial charge in [0.2, 0.25) is 11.8 Å². The van der Waals surface area contributed by atoms with Crippen molar-refractivity contribution in [2.45, 2.75) is 0 Å². The van der Waals surface area contributed by atoms with Gasteiger partial charge in [-0.3, -0.25) is 19.7 Å². The van der Waals surface area contributed by atoms with Crippen molar-refractivity contribution in [2.75, 3.05) is 13.1 Å². The molecule has 0 aromatic heterocycles. The second kappa shape index (κ2) is 5.01. The summed E-state index contributed by atoms with van der Waals surface area (Å²) in [6.07, 6.45) is 0. The molecule has 0 spiro atoms. The van der Waals surface area contributed by atoms with E-state index in [0.29, 0.717) is 3.57 Å². The zero-order valence-electron chi connectivity index (χ0n) is 9.07. The largest absolute Gasteiger partial charge is 0.320 e. The van der Waals surface area contributed by atoms with Gasteiger partial charge < -0.3 is 4.90 Å². The molecule has 1 aliphatic heterocycles. The lowest BCUT2D eigenvalue weighted by molar-refractivity contribution is -0.135. The Morgan fingerprint density at radius 1 is 1.28 bits per heavy atom. The molecule has 1 aromatic rings. The highest BCUT2D eigenvalue weighted by Crippen LogP contribution is 2.16. The number of hydrogen-bond donors (Lipinski definition) is 1. The van der Waals surface area contributed by atoms with Crippen molar-refractivity contribution in [3.8, 4) is 0 Å². The highest BCUT2D eigenvalue weighted by atomic mass is 127. The molecule has 0 atom stereocenters. The molecule has 2 rings (SSSR count). The molecule has 0 aliphatic carbocycles. The van der Waals surface area contributed by atoms with Crippen LogP contribution in [-0.4, -0.2) is 35.7 Å². The molecule has 1 aliphatic rings. The predicted molar refractivity (Wildman–Crippen MR) is 68.2 cm³/mol. The van der Waals surface area contributed by atoms with Crippen LogP contribution in [-0.2, 0) is 9.59 Å². The van der Waals surface area contributed by atoms with E-state index in [-0.39, 0.29) is 18.7 Å². The molecule has 1 heterocycles. The molecule has 0 unspecified atom stereocenters. The van der Waals surface area contributed by atoms with Gasteiger partial charge >= 0.3 is 0 Å². The molecule has 0 bridgehead atoms. The Bertz CT molecular complexity index is 531. The first-order valence-electron chi connectivity index (χ1n) is 5.04. The number of piperazine rings is 1. The Labute approximate surface area is 115 Å². The van der Waals surface area contributed by atoms with Crippen molar-refractivity contribution in [2.24, 2.45) is 0 Å². The quantitative estimate of drug-likeness (QED) is 0.586. The van der Waals surface area contributed by atoms with E-state index in [2.05, 4.69) is 5.32 Å². The maximum Gasteiger partial charge on any atom is 0.255 e. The Morgan fingerprint density at radius 2 is 1.89 bits per heavy atom. The summed E-state index contributed by atoms with van der Waals surface area (Å²) in [6, 6.07) is 3.73. The fourth-order valence-corrected chi connectivity index (χ4v) is 2.32. The van der Waals surface area contributed by atoms with Crippen molar-refractivity contribution in [3.63, 3.8) is 0 Å². The summed E-state index contributed by atoms with van der Waals surface area (Å²) in [6.45, 7) is -0.337. The van der Waals surface area contributed by atoms with Crippen LogP contribution in [0.5, 0.6) is 0 Å². The number of amides is 3. The highest BCUT2D eigenvalue weighted by Gasteiger charge is 2.27. The van der Waals surface area contributed by atoms with E-state index in [4.69, 9.17) is 0 Å². The van der Waals surface area contributed by atoms with Gasteiger partial charge in [-0.25, -0.2) is 4.39 Å². The van der Waals surface area contributed by atoms with Gasteiger partial charge in [-0.1, -0.05) is 0 Å². The molecular weight excluding hydrogens is 354 g/mol. The number of benzene rings is 1. The number of rotatable bonds is 1. The molecule has 0 saturated carbocycles. The summed E-state index contributed by atoms with van der Waals surface area (Å²) in [5.74, 6) is -1.93. The molecule has 1 N–H and O–H groups in total. The molecule has 5 nitrogen and oxygen atoms in total. The lowest BCUT2D eigenvalue weighted by atomic mass is 10.2.